The number of carbonyl (C=O) groups is 3. The maximum atomic E-state index is 13.3. The van der Waals surface area contributed by atoms with Crippen LogP contribution in [0.4, 0.5) is 18.9 Å². The summed E-state index contributed by atoms with van der Waals surface area (Å²) < 4.78 is 46.4. The topological polar surface area (TPSA) is 97.4 Å². The minimum atomic E-state index is -4.63. The van der Waals surface area contributed by atoms with Crippen LogP contribution in [-0.2, 0) is 12.7 Å². The molecule has 3 amide bonds. The maximum absolute atomic E-state index is 13.3. The number of aromatic nitrogens is 2. The van der Waals surface area contributed by atoms with Crippen molar-refractivity contribution in [1.82, 2.24) is 14.7 Å². The van der Waals surface area contributed by atoms with Gasteiger partial charge in [0.2, 0.25) is 0 Å². The normalized spacial score (nSPS) is 13.3. The molecule has 0 bridgehead atoms. The van der Waals surface area contributed by atoms with Crippen LogP contribution in [0.5, 0.6) is 0 Å². The number of furan rings is 1. The summed E-state index contributed by atoms with van der Waals surface area (Å²) in [6.07, 6.45) is -0.243. The van der Waals surface area contributed by atoms with E-state index in [4.69, 9.17) is 4.42 Å². The van der Waals surface area contributed by atoms with Gasteiger partial charge in [-0.1, -0.05) is 0 Å². The third-order valence-corrected chi connectivity index (χ3v) is 5.45. The monoisotopic (exact) mass is 480 g/mol. The second kappa shape index (κ2) is 8.28. The molecule has 0 radical (unpaired) electrons. The van der Waals surface area contributed by atoms with Gasteiger partial charge in [0.1, 0.15) is 5.76 Å². The summed E-state index contributed by atoms with van der Waals surface area (Å²) in [5.74, 6) is -1.49. The molecule has 1 N–H and O–H groups in total. The molecule has 0 spiro atoms. The van der Waals surface area contributed by atoms with Crippen molar-refractivity contribution in [1.29, 1.82) is 0 Å². The number of halogens is 3. The molecule has 11 heteroatoms. The predicted octanol–water partition coefficient (Wildman–Crippen LogP) is 4.53. The van der Waals surface area contributed by atoms with Gasteiger partial charge in [0.05, 0.1) is 40.9 Å². The van der Waals surface area contributed by atoms with E-state index in [9.17, 15) is 27.6 Å². The van der Waals surface area contributed by atoms with Gasteiger partial charge in [-0.25, -0.2) is 4.68 Å². The van der Waals surface area contributed by atoms with Gasteiger partial charge in [-0.2, -0.15) is 18.3 Å². The number of alkyl halides is 3. The van der Waals surface area contributed by atoms with Gasteiger partial charge in [0, 0.05) is 18.0 Å². The summed E-state index contributed by atoms with van der Waals surface area (Å²) in [5.41, 5.74) is -0.732. The number of nitrogens with zero attached hydrogens (tertiary/aromatic N) is 3. The zero-order chi connectivity index (χ0) is 24.7. The summed E-state index contributed by atoms with van der Waals surface area (Å²) in [7, 11) is 0. The van der Waals surface area contributed by atoms with E-state index in [1.54, 1.807) is 18.2 Å². The van der Waals surface area contributed by atoms with Crippen LogP contribution in [0.1, 0.15) is 42.4 Å². The van der Waals surface area contributed by atoms with Crippen molar-refractivity contribution in [2.24, 2.45) is 0 Å². The zero-order valence-electron chi connectivity index (χ0n) is 17.7. The number of benzene rings is 2. The summed E-state index contributed by atoms with van der Waals surface area (Å²) in [6, 6.07) is 11.6. The van der Waals surface area contributed by atoms with E-state index in [-0.39, 0.29) is 34.6 Å². The zero-order valence-corrected chi connectivity index (χ0v) is 17.7. The van der Waals surface area contributed by atoms with E-state index in [2.05, 4.69) is 10.4 Å². The maximum Gasteiger partial charge on any atom is 0.416 e. The summed E-state index contributed by atoms with van der Waals surface area (Å²) in [4.78, 5) is 39.5. The van der Waals surface area contributed by atoms with E-state index in [1.807, 2.05) is 0 Å². The lowest BCUT2D eigenvalue weighted by Gasteiger charge is -2.15. The average molecular weight is 480 g/mol. The van der Waals surface area contributed by atoms with Crippen molar-refractivity contribution in [2.45, 2.75) is 12.7 Å². The molecule has 2 aromatic heterocycles. The molecule has 0 unspecified atom stereocenters. The Labute approximate surface area is 195 Å². The second-order valence-electron chi connectivity index (χ2n) is 7.67. The molecule has 1 aliphatic heterocycles. The second-order valence-corrected chi connectivity index (χ2v) is 7.67. The van der Waals surface area contributed by atoms with E-state index < -0.39 is 29.5 Å². The van der Waals surface area contributed by atoms with Gasteiger partial charge >= 0.3 is 6.18 Å². The summed E-state index contributed by atoms with van der Waals surface area (Å²) >= 11 is 0. The van der Waals surface area contributed by atoms with Crippen molar-refractivity contribution >= 4 is 23.4 Å². The van der Waals surface area contributed by atoms with Gasteiger partial charge in [-0.3, -0.25) is 19.3 Å². The van der Waals surface area contributed by atoms with Gasteiger partial charge in [0.15, 0.2) is 0 Å². The standard InChI is InChI=1S/C24H15F3N4O4/c25-24(26,27)15-5-7-20(31-9-2-8-28-31)19(12-15)29-21(32)14-4-6-17-18(11-14)23(34)30(22(17)33)13-16-3-1-10-35-16/h1-12H,13H2,(H,29,32). The Bertz CT molecular complexity index is 1440. The van der Waals surface area contributed by atoms with Crippen LogP contribution in [0, 0.1) is 0 Å². The van der Waals surface area contributed by atoms with Crippen molar-refractivity contribution < 1.29 is 32.0 Å². The number of hydrogen-bond donors (Lipinski definition) is 1. The fraction of sp³-hybridized carbons (Fsp3) is 0.0833. The van der Waals surface area contributed by atoms with Gasteiger partial charge < -0.3 is 9.73 Å². The van der Waals surface area contributed by atoms with Crippen LogP contribution in [0.2, 0.25) is 0 Å². The molecule has 0 aliphatic carbocycles. The van der Waals surface area contributed by atoms with E-state index >= 15 is 0 Å². The summed E-state index contributed by atoms with van der Waals surface area (Å²) in [5, 5.41) is 6.48. The molecule has 5 rings (SSSR count). The van der Waals surface area contributed by atoms with E-state index in [0.717, 1.165) is 17.0 Å². The molecule has 4 aromatic rings. The Morgan fingerprint density at radius 1 is 1.00 bits per heavy atom. The lowest BCUT2D eigenvalue weighted by molar-refractivity contribution is -0.137. The number of rotatable bonds is 5. The number of amides is 3. The number of imide groups is 1. The molecule has 2 aromatic carbocycles. The van der Waals surface area contributed by atoms with Crippen LogP contribution in [0.25, 0.3) is 5.69 Å². The summed E-state index contributed by atoms with van der Waals surface area (Å²) in [6.45, 7) is -0.0711. The van der Waals surface area contributed by atoms with Crippen LogP contribution >= 0.6 is 0 Å². The number of anilines is 1. The van der Waals surface area contributed by atoms with Crippen molar-refractivity contribution in [3.05, 3.63) is 101 Å². The highest BCUT2D eigenvalue weighted by atomic mass is 19.4. The van der Waals surface area contributed by atoms with Gasteiger partial charge in [0.25, 0.3) is 17.7 Å². The fourth-order valence-corrected chi connectivity index (χ4v) is 3.75. The number of fused-ring (bicyclic) bond motifs is 1. The predicted molar refractivity (Wildman–Crippen MR) is 116 cm³/mol. The molecule has 1 aliphatic rings. The first-order chi connectivity index (χ1) is 16.7. The van der Waals surface area contributed by atoms with Crippen LogP contribution in [0.3, 0.4) is 0 Å². The minimum Gasteiger partial charge on any atom is -0.467 e. The SMILES string of the molecule is O=C(Nc1cc(C(F)(F)F)ccc1-n1cccn1)c1ccc2c(c1)C(=O)N(Cc1ccco1)C2=O. The highest BCUT2D eigenvalue weighted by Crippen LogP contribution is 2.34. The minimum absolute atomic E-state index is 0.00595. The average Bonchev–Trinajstić information content (AvgIpc) is 3.58. The van der Waals surface area contributed by atoms with Crippen molar-refractivity contribution in [3.63, 3.8) is 0 Å². The first kappa shape index (κ1) is 22.1. The fourth-order valence-electron chi connectivity index (χ4n) is 3.75. The van der Waals surface area contributed by atoms with E-state index in [0.29, 0.717) is 5.76 Å². The first-order valence-electron chi connectivity index (χ1n) is 10.3. The lowest BCUT2D eigenvalue weighted by atomic mass is 10.0. The highest BCUT2D eigenvalue weighted by molar-refractivity contribution is 6.22. The molecule has 176 valence electrons. The number of hydrogen-bond acceptors (Lipinski definition) is 5. The quantitative estimate of drug-likeness (QED) is 0.423. The Morgan fingerprint density at radius 2 is 1.80 bits per heavy atom. The smallest absolute Gasteiger partial charge is 0.416 e. The molecule has 0 atom stereocenters. The Hall–Kier alpha value is -4.67. The Morgan fingerprint density at radius 3 is 2.49 bits per heavy atom. The molecule has 3 heterocycles. The molecule has 35 heavy (non-hydrogen) atoms. The van der Waals surface area contributed by atoms with Crippen molar-refractivity contribution in [3.8, 4) is 5.69 Å². The van der Waals surface area contributed by atoms with Crippen LogP contribution < -0.4 is 5.32 Å². The number of nitrogens with one attached hydrogen (secondary N) is 1. The first-order valence-corrected chi connectivity index (χ1v) is 10.3. The van der Waals surface area contributed by atoms with Crippen LogP contribution in [-0.4, -0.2) is 32.4 Å². The van der Waals surface area contributed by atoms with Gasteiger partial charge in [-0.05, 0) is 54.6 Å². The van der Waals surface area contributed by atoms with Gasteiger partial charge in [-0.15, -0.1) is 0 Å². The molecule has 0 saturated carbocycles. The molecular weight excluding hydrogens is 465 g/mol. The van der Waals surface area contributed by atoms with Crippen molar-refractivity contribution in [2.75, 3.05) is 5.32 Å². The van der Waals surface area contributed by atoms with Crippen LogP contribution in [0.15, 0.2) is 77.7 Å². The third-order valence-electron chi connectivity index (χ3n) is 5.45. The third kappa shape index (κ3) is 4.07. The lowest BCUT2D eigenvalue weighted by Crippen LogP contribution is -2.28. The molecule has 0 saturated heterocycles. The van der Waals surface area contributed by atoms with E-state index in [1.165, 1.54) is 47.6 Å². The highest BCUT2D eigenvalue weighted by Gasteiger charge is 2.37. The molecule has 0 fully saturated rings. The largest absolute Gasteiger partial charge is 0.467 e. The molecular formula is C24H15F3N4O4. The Kier molecular flexibility index (Phi) is 5.24. The Balaban J connectivity index is 1.45. The number of carbonyl (C=O) groups excluding carboxylic acids is 3. The molecule has 8 nitrogen and oxygen atoms in total.